The molecule has 0 aromatic heterocycles. The molecule has 148 valence electrons. The van der Waals surface area contributed by atoms with Gasteiger partial charge in [-0.05, 0) is 66.7 Å². The van der Waals surface area contributed by atoms with Crippen LogP contribution in [0.1, 0.15) is 12.0 Å². The van der Waals surface area contributed by atoms with Crippen molar-refractivity contribution in [2.45, 2.75) is 18.8 Å². The maximum atomic E-state index is 12.4. The molecule has 2 aliphatic rings. The highest BCUT2D eigenvalue weighted by molar-refractivity contribution is 8.13. The van der Waals surface area contributed by atoms with Gasteiger partial charge in [-0.25, -0.2) is 9.48 Å². The van der Waals surface area contributed by atoms with Crippen LogP contribution in [0.25, 0.3) is 0 Å². The van der Waals surface area contributed by atoms with E-state index in [2.05, 4.69) is 9.64 Å². The Bertz CT molecular complexity index is 874. The quantitative estimate of drug-likeness (QED) is 0.769. The first-order chi connectivity index (χ1) is 13.5. The van der Waals surface area contributed by atoms with Crippen molar-refractivity contribution in [3.8, 4) is 11.5 Å². The smallest absolute Gasteiger partial charge is 0.387 e. The summed E-state index contributed by atoms with van der Waals surface area (Å²) in [5, 5.41) is 12.6. The van der Waals surface area contributed by atoms with Crippen molar-refractivity contribution in [3.05, 3.63) is 54.1 Å². The number of ether oxygens (including phenoxy) is 2. The molecule has 4 rings (SSSR count). The maximum absolute atomic E-state index is 12.4. The Morgan fingerprint density at radius 2 is 1.79 bits per heavy atom. The Hall–Kier alpha value is -2.32. The summed E-state index contributed by atoms with van der Waals surface area (Å²) in [6.45, 7) is -1.80. The van der Waals surface area contributed by atoms with Crippen LogP contribution in [0.15, 0.2) is 48.5 Å². The SMILES string of the molecule is COc1ccc(N2CC(O)(c3ccc(OC(F)F)cc3)[N+]3=C2SCCC3)cc1. The molecule has 28 heavy (non-hydrogen) atoms. The zero-order valence-electron chi connectivity index (χ0n) is 15.3. The van der Waals surface area contributed by atoms with Crippen molar-refractivity contribution in [2.24, 2.45) is 0 Å². The lowest BCUT2D eigenvalue weighted by Crippen LogP contribution is -2.41. The van der Waals surface area contributed by atoms with E-state index in [1.807, 2.05) is 28.8 Å². The number of hydrogen-bond donors (Lipinski definition) is 1. The largest absolute Gasteiger partial charge is 0.497 e. The molecule has 0 radical (unpaired) electrons. The lowest BCUT2D eigenvalue weighted by molar-refractivity contribution is -0.656. The second-order valence-corrected chi connectivity index (χ2v) is 7.70. The number of rotatable bonds is 5. The molecule has 2 aliphatic heterocycles. The zero-order valence-corrected chi connectivity index (χ0v) is 16.2. The van der Waals surface area contributed by atoms with E-state index in [1.165, 1.54) is 12.1 Å². The van der Waals surface area contributed by atoms with Gasteiger partial charge in [-0.15, -0.1) is 0 Å². The van der Waals surface area contributed by atoms with E-state index < -0.39 is 12.3 Å². The standard InChI is InChI=1S/C20H21F2N2O3S/c1-26-16-9-5-15(6-10-16)23-13-20(25,24-11-2-12-28-19(23)24)14-3-7-17(8-4-14)27-18(21)22/h3-10,18,25H,2,11-13H2,1H3/q+1. The maximum Gasteiger partial charge on any atom is 0.387 e. The third kappa shape index (κ3) is 3.42. The third-order valence-electron chi connectivity index (χ3n) is 4.97. The van der Waals surface area contributed by atoms with Crippen molar-refractivity contribution < 1.29 is 27.9 Å². The van der Waals surface area contributed by atoms with Crippen LogP contribution < -0.4 is 14.4 Å². The first kappa shape index (κ1) is 19.0. The molecule has 1 atom stereocenters. The summed E-state index contributed by atoms with van der Waals surface area (Å²) < 4.78 is 36.5. The van der Waals surface area contributed by atoms with Gasteiger partial charge < -0.3 is 14.6 Å². The molecule has 8 heteroatoms. The van der Waals surface area contributed by atoms with Gasteiger partial charge in [-0.1, -0.05) is 0 Å². The average Bonchev–Trinajstić information content (AvgIpc) is 3.02. The number of alkyl halides is 2. The third-order valence-corrected chi connectivity index (χ3v) is 6.16. The predicted octanol–water partition coefficient (Wildman–Crippen LogP) is 3.47. The summed E-state index contributed by atoms with van der Waals surface area (Å²) in [4.78, 5) is 2.09. The van der Waals surface area contributed by atoms with Crippen molar-refractivity contribution in [1.82, 2.24) is 0 Å². The van der Waals surface area contributed by atoms with Crippen LogP contribution >= 0.6 is 11.8 Å². The van der Waals surface area contributed by atoms with E-state index in [9.17, 15) is 13.9 Å². The fraction of sp³-hybridized carbons (Fsp3) is 0.350. The fourth-order valence-corrected chi connectivity index (χ4v) is 4.79. The van der Waals surface area contributed by atoms with Crippen LogP contribution in [0.5, 0.6) is 11.5 Å². The number of nitrogens with zero attached hydrogens (tertiary/aromatic N) is 2. The van der Waals surface area contributed by atoms with E-state index in [1.54, 1.807) is 31.0 Å². The highest BCUT2D eigenvalue weighted by Gasteiger charge is 2.53. The fourth-order valence-electron chi connectivity index (χ4n) is 3.61. The number of β-amino-alcohol motifs (C(OH)–C–C–N with tert-alkyl or cyclic N) is 1. The highest BCUT2D eigenvalue weighted by Crippen LogP contribution is 2.38. The van der Waals surface area contributed by atoms with Gasteiger partial charge in [0.1, 0.15) is 17.2 Å². The van der Waals surface area contributed by atoms with Gasteiger partial charge in [-0.2, -0.15) is 8.78 Å². The summed E-state index contributed by atoms with van der Waals surface area (Å²) >= 11 is 1.71. The van der Waals surface area contributed by atoms with E-state index in [0.717, 1.165) is 35.3 Å². The minimum Gasteiger partial charge on any atom is -0.497 e. The first-order valence-corrected chi connectivity index (χ1v) is 9.96. The second kappa shape index (κ2) is 7.60. The van der Waals surface area contributed by atoms with Gasteiger partial charge in [0.15, 0.2) is 6.54 Å². The molecule has 1 N–H and O–H groups in total. The lowest BCUT2D eigenvalue weighted by Gasteiger charge is -2.24. The molecule has 2 aromatic carbocycles. The van der Waals surface area contributed by atoms with Gasteiger partial charge >= 0.3 is 11.8 Å². The van der Waals surface area contributed by atoms with Crippen LogP contribution in [-0.4, -0.2) is 47.4 Å². The number of benzene rings is 2. The van der Waals surface area contributed by atoms with Crippen LogP contribution in [0.3, 0.4) is 0 Å². The Labute approximate surface area is 166 Å². The number of halogens is 2. The molecule has 0 spiro atoms. The number of methoxy groups -OCH3 is 1. The van der Waals surface area contributed by atoms with Crippen LogP contribution in [-0.2, 0) is 5.72 Å². The molecule has 1 unspecified atom stereocenters. The summed E-state index contributed by atoms with van der Waals surface area (Å²) in [5.74, 6) is 1.82. The predicted molar refractivity (Wildman–Crippen MR) is 105 cm³/mol. The number of aliphatic hydroxyl groups is 1. The summed E-state index contributed by atoms with van der Waals surface area (Å²) in [6.07, 6.45) is 0.958. The molecule has 2 aromatic rings. The minimum atomic E-state index is -2.87. The molecule has 5 nitrogen and oxygen atoms in total. The Morgan fingerprint density at radius 1 is 1.11 bits per heavy atom. The van der Waals surface area contributed by atoms with Gasteiger partial charge in [0.05, 0.1) is 13.7 Å². The van der Waals surface area contributed by atoms with Gasteiger partial charge in [-0.3, -0.25) is 0 Å². The average molecular weight is 407 g/mol. The lowest BCUT2D eigenvalue weighted by atomic mass is 10.0. The van der Waals surface area contributed by atoms with E-state index in [0.29, 0.717) is 12.1 Å². The van der Waals surface area contributed by atoms with Crippen molar-refractivity contribution >= 4 is 22.6 Å². The normalized spacial score (nSPS) is 21.8. The first-order valence-electron chi connectivity index (χ1n) is 8.98. The molecule has 0 amide bonds. The van der Waals surface area contributed by atoms with Crippen LogP contribution in [0, 0.1) is 0 Å². The van der Waals surface area contributed by atoms with Crippen LogP contribution in [0.2, 0.25) is 0 Å². The monoisotopic (exact) mass is 407 g/mol. The van der Waals surface area contributed by atoms with Crippen molar-refractivity contribution in [1.29, 1.82) is 0 Å². The molecule has 0 saturated carbocycles. The summed E-state index contributed by atoms with van der Waals surface area (Å²) in [5.41, 5.74) is 0.361. The topological polar surface area (TPSA) is 44.9 Å². The Kier molecular flexibility index (Phi) is 5.16. The number of hydrogen-bond acceptors (Lipinski definition) is 5. The summed E-state index contributed by atoms with van der Waals surface area (Å²) in [7, 11) is 1.62. The van der Waals surface area contributed by atoms with Crippen molar-refractivity contribution in [3.63, 3.8) is 0 Å². The van der Waals surface area contributed by atoms with E-state index in [-0.39, 0.29) is 5.75 Å². The highest BCUT2D eigenvalue weighted by atomic mass is 32.2. The second-order valence-electron chi connectivity index (χ2n) is 6.64. The van der Waals surface area contributed by atoms with Crippen LogP contribution in [0.4, 0.5) is 14.5 Å². The Balaban J connectivity index is 1.68. The van der Waals surface area contributed by atoms with Gasteiger partial charge in [0.25, 0.3) is 5.72 Å². The molecular weight excluding hydrogens is 386 g/mol. The van der Waals surface area contributed by atoms with E-state index in [4.69, 9.17) is 4.74 Å². The molecule has 0 saturated heterocycles. The molecule has 0 fully saturated rings. The molecular formula is C20H21F2N2O3S+. The molecule has 0 bridgehead atoms. The van der Waals surface area contributed by atoms with Gasteiger partial charge in [0, 0.05) is 11.3 Å². The Morgan fingerprint density at radius 3 is 2.43 bits per heavy atom. The summed E-state index contributed by atoms with van der Waals surface area (Å²) in [6, 6.07) is 13.9. The number of anilines is 1. The van der Waals surface area contributed by atoms with Gasteiger partial charge in [0.2, 0.25) is 0 Å². The van der Waals surface area contributed by atoms with E-state index >= 15 is 0 Å². The van der Waals surface area contributed by atoms with Crippen molar-refractivity contribution in [2.75, 3.05) is 30.9 Å². The number of amidine groups is 1. The molecule has 2 heterocycles. The molecule has 0 aliphatic carbocycles. The minimum absolute atomic E-state index is 0.0737. The zero-order chi connectivity index (χ0) is 19.7. The number of thioether (sulfide) groups is 1.